The van der Waals surface area contributed by atoms with Crippen LogP contribution in [0.5, 0.6) is 5.75 Å². The zero-order chi connectivity index (χ0) is 26.2. The molecule has 0 saturated carbocycles. The van der Waals surface area contributed by atoms with Gasteiger partial charge in [-0.25, -0.2) is 14.4 Å². The standard InChI is InChI=1S/C25H22ClFIN5O3/c1-13-10-30-18(17-5-6-29-24(32-17)25(3,4)35)9-20(13)33-14(2)7-21(22(26)23(33)34)36-12-19-16(28)8-15(27)11-31-19/h5-11,35H,12H2,1-4H3. The predicted molar refractivity (Wildman–Crippen MR) is 142 cm³/mol. The fourth-order valence-electron chi connectivity index (χ4n) is 3.47. The van der Waals surface area contributed by atoms with Crippen molar-refractivity contribution in [3.63, 3.8) is 0 Å². The molecule has 1 N–H and O–H groups in total. The number of halogens is 3. The number of pyridine rings is 3. The molecule has 0 bridgehead atoms. The molecule has 11 heteroatoms. The number of ether oxygens (including phenoxy) is 1. The minimum Gasteiger partial charge on any atom is -0.485 e. The summed E-state index contributed by atoms with van der Waals surface area (Å²) >= 11 is 8.40. The van der Waals surface area contributed by atoms with Gasteiger partial charge in [0, 0.05) is 27.7 Å². The summed E-state index contributed by atoms with van der Waals surface area (Å²) in [6.45, 7) is 6.82. The van der Waals surface area contributed by atoms with Gasteiger partial charge in [-0.15, -0.1) is 0 Å². The molecule has 8 nitrogen and oxygen atoms in total. The van der Waals surface area contributed by atoms with Gasteiger partial charge >= 0.3 is 0 Å². The highest BCUT2D eigenvalue weighted by Gasteiger charge is 2.21. The second-order valence-electron chi connectivity index (χ2n) is 8.66. The number of hydrogen-bond acceptors (Lipinski definition) is 7. The Bertz CT molecular complexity index is 1520. The molecule has 4 rings (SSSR count). The Balaban J connectivity index is 1.72. The molecule has 0 unspecified atom stereocenters. The second-order valence-corrected chi connectivity index (χ2v) is 10.2. The molecule has 4 aromatic rings. The highest BCUT2D eigenvalue weighted by molar-refractivity contribution is 14.1. The van der Waals surface area contributed by atoms with E-state index < -0.39 is 17.0 Å². The van der Waals surface area contributed by atoms with E-state index in [1.54, 1.807) is 51.4 Å². The van der Waals surface area contributed by atoms with Crippen molar-refractivity contribution in [1.82, 2.24) is 24.5 Å². The zero-order valence-corrected chi connectivity index (χ0v) is 22.8. The van der Waals surface area contributed by atoms with Gasteiger partial charge in [-0.2, -0.15) is 0 Å². The van der Waals surface area contributed by atoms with E-state index in [-0.39, 0.29) is 23.2 Å². The monoisotopic (exact) mass is 621 g/mol. The maximum absolute atomic E-state index is 13.3. The van der Waals surface area contributed by atoms with E-state index in [0.717, 1.165) is 11.8 Å². The average molecular weight is 622 g/mol. The van der Waals surface area contributed by atoms with Gasteiger partial charge in [0.1, 0.15) is 28.8 Å². The van der Waals surface area contributed by atoms with Crippen molar-refractivity contribution in [2.45, 2.75) is 39.9 Å². The minimum absolute atomic E-state index is 0.0247. The molecule has 0 amide bonds. The van der Waals surface area contributed by atoms with Crippen molar-refractivity contribution in [3.8, 4) is 22.8 Å². The third-order valence-corrected chi connectivity index (χ3v) is 6.61. The van der Waals surface area contributed by atoms with Gasteiger partial charge < -0.3 is 9.84 Å². The van der Waals surface area contributed by atoms with Crippen LogP contribution in [0.2, 0.25) is 5.02 Å². The Kier molecular flexibility index (Phi) is 7.39. The van der Waals surface area contributed by atoms with Crippen molar-refractivity contribution >= 4 is 34.2 Å². The molecule has 0 saturated heterocycles. The summed E-state index contributed by atoms with van der Waals surface area (Å²) in [5, 5.41) is 10.2. The first-order valence-corrected chi connectivity index (χ1v) is 12.3. The van der Waals surface area contributed by atoms with E-state index in [2.05, 4.69) is 19.9 Å². The van der Waals surface area contributed by atoms with Crippen molar-refractivity contribution < 1.29 is 14.2 Å². The van der Waals surface area contributed by atoms with Crippen LogP contribution in [0.25, 0.3) is 17.1 Å². The van der Waals surface area contributed by atoms with Crippen LogP contribution in [0.4, 0.5) is 4.39 Å². The summed E-state index contributed by atoms with van der Waals surface area (Å²) in [6, 6.07) is 6.43. The van der Waals surface area contributed by atoms with Gasteiger partial charge in [-0.3, -0.25) is 19.3 Å². The number of aryl methyl sites for hydroxylation is 2. The first-order chi connectivity index (χ1) is 17.0. The molecular formula is C25H22ClFIN5O3. The van der Waals surface area contributed by atoms with Crippen molar-refractivity contribution in [2.24, 2.45) is 0 Å². The van der Waals surface area contributed by atoms with Gasteiger partial charge in [0.15, 0.2) is 5.82 Å². The van der Waals surface area contributed by atoms with Gasteiger partial charge in [0.2, 0.25) is 0 Å². The summed E-state index contributed by atoms with van der Waals surface area (Å²) in [5.74, 6) is 0.0204. The van der Waals surface area contributed by atoms with Crippen molar-refractivity contribution in [2.75, 3.05) is 0 Å². The summed E-state index contributed by atoms with van der Waals surface area (Å²) in [4.78, 5) is 30.4. The van der Waals surface area contributed by atoms with E-state index in [9.17, 15) is 14.3 Å². The van der Waals surface area contributed by atoms with Crippen LogP contribution in [0.15, 0.2) is 47.7 Å². The first kappa shape index (κ1) is 26.1. The summed E-state index contributed by atoms with van der Waals surface area (Å²) < 4.78 is 21.2. The van der Waals surface area contributed by atoms with Crippen LogP contribution in [0, 0.1) is 23.2 Å². The van der Waals surface area contributed by atoms with E-state index in [0.29, 0.717) is 32.0 Å². The van der Waals surface area contributed by atoms with Gasteiger partial charge in [0.25, 0.3) is 5.56 Å². The maximum Gasteiger partial charge on any atom is 0.277 e. The van der Waals surface area contributed by atoms with Gasteiger partial charge in [-0.05, 0) is 74.0 Å². The molecular weight excluding hydrogens is 600 g/mol. The molecule has 0 atom stereocenters. The van der Waals surface area contributed by atoms with E-state index in [1.807, 2.05) is 29.5 Å². The molecule has 0 aliphatic rings. The number of aliphatic hydroxyl groups is 1. The Morgan fingerprint density at radius 3 is 2.58 bits per heavy atom. The Morgan fingerprint density at radius 1 is 1.14 bits per heavy atom. The second kappa shape index (κ2) is 10.2. The lowest BCUT2D eigenvalue weighted by atomic mass is 10.1. The Morgan fingerprint density at radius 2 is 1.89 bits per heavy atom. The molecule has 4 heterocycles. The van der Waals surface area contributed by atoms with Gasteiger partial charge in [-0.1, -0.05) is 11.6 Å². The first-order valence-electron chi connectivity index (χ1n) is 10.8. The van der Waals surface area contributed by atoms with E-state index in [4.69, 9.17) is 16.3 Å². The highest BCUT2D eigenvalue weighted by Crippen LogP contribution is 2.28. The number of aromatic nitrogens is 5. The highest BCUT2D eigenvalue weighted by atomic mass is 127. The minimum atomic E-state index is -1.22. The van der Waals surface area contributed by atoms with Crippen LogP contribution >= 0.6 is 34.2 Å². The Labute approximate surface area is 225 Å². The zero-order valence-electron chi connectivity index (χ0n) is 19.9. The average Bonchev–Trinajstić information content (AvgIpc) is 2.82. The molecule has 0 aliphatic heterocycles. The molecule has 186 valence electrons. The van der Waals surface area contributed by atoms with Crippen LogP contribution in [0.1, 0.15) is 36.6 Å². The molecule has 0 radical (unpaired) electrons. The third kappa shape index (κ3) is 5.40. The summed E-state index contributed by atoms with van der Waals surface area (Å²) in [5.41, 5.74) is 1.76. The third-order valence-electron chi connectivity index (χ3n) is 5.33. The van der Waals surface area contributed by atoms with Crippen molar-refractivity contribution in [3.05, 3.63) is 90.4 Å². The number of nitrogens with zero attached hydrogens (tertiary/aromatic N) is 5. The number of rotatable bonds is 6. The lowest BCUT2D eigenvalue weighted by Crippen LogP contribution is -2.23. The maximum atomic E-state index is 13.3. The van der Waals surface area contributed by atoms with Crippen LogP contribution in [-0.4, -0.2) is 29.6 Å². The summed E-state index contributed by atoms with van der Waals surface area (Å²) in [6.07, 6.45) is 4.30. The van der Waals surface area contributed by atoms with Gasteiger partial charge in [0.05, 0.1) is 29.0 Å². The number of hydrogen-bond donors (Lipinski definition) is 1. The van der Waals surface area contributed by atoms with E-state index >= 15 is 0 Å². The fraction of sp³-hybridized carbons (Fsp3) is 0.240. The Hall–Kier alpha value is -2.96. The van der Waals surface area contributed by atoms with Crippen LogP contribution < -0.4 is 10.3 Å². The SMILES string of the molecule is Cc1cnc(-c2ccnc(C(C)(C)O)n2)cc1-n1c(C)cc(OCc2ncc(F)cc2I)c(Cl)c1=O. The molecule has 0 spiro atoms. The smallest absolute Gasteiger partial charge is 0.277 e. The predicted octanol–water partition coefficient (Wildman–Crippen LogP) is 4.90. The fourth-order valence-corrected chi connectivity index (χ4v) is 4.26. The lowest BCUT2D eigenvalue weighted by Gasteiger charge is -2.18. The molecule has 4 aromatic heterocycles. The largest absolute Gasteiger partial charge is 0.485 e. The lowest BCUT2D eigenvalue weighted by molar-refractivity contribution is 0.0688. The van der Waals surface area contributed by atoms with Crippen molar-refractivity contribution in [1.29, 1.82) is 0 Å². The molecule has 36 heavy (non-hydrogen) atoms. The molecule has 0 aromatic carbocycles. The van der Waals surface area contributed by atoms with E-state index in [1.165, 1.54) is 10.6 Å². The molecule has 0 fully saturated rings. The quantitative estimate of drug-likeness (QED) is 0.306. The van der Waals surface area contributed by atoms with Crippen LogP contribution in [-0.2, 0) is 12.2 Å². The topological polar surface area (TPSA) is 103 Å². The normalized spacial score (nSPS) is 11.6. The van der Waals surface area contributed by atoms with Crippen LogP contribution in [0.3, 0.4) is 0 Å². The molecule has 0 aliphatic carbocycles. The summed E-state index contributed by atoms with van der Waals surface area (Å²) in [7, 11) is 0.